The summed E-state index contributed by atoms with van der Waals surface area (Å²) in [7, 11) is 1.38. The van der Waals surface area contributed by atoms with E-state index in [2.05, 4.69) is 21.6 Å². The Morgan fingerprint density at radius 1 is 1.19 bits per heavy atom. The van der Waals surface area contributed by atoms with E-state index in [1.165, 1.54) is 20.0 Å². The number of esters is 1. The van der Waals surface area contributed by atoms with Crippen LogP contribution in [0, 0.1) is 13.8 Å². The van der Waals surface area contributed by atoms with Crippen LogP contribution in [0.25, 0.3) is 0 Å². The van der Waals surface area contributed by atoms with Crippen molar-refractivity contribution in [1.82, 2.24) is 15.5 Å². The highest BCUT2D eigenvalue weighted by Gasteiger charge is 2.34. The van der Waals surface area contributed by atoms with Gasteiger partial charge in [0.2, 0.25) is 0 Å². The first-order chi connectivity index (χ1) is 13.0. The lowest BCUT2D eigenvalue weighted by molar-refractivity contribution is -0.136. The van der Waals surface area contributed by atoms with Gasteiger partial charge >= 0.3 is 12.0 Å². The monoisotopic (exact) mass is 371 g/mol. The highest BCUT2D eigenvalue weighted by atomic mass is 16.5. The van der Waals surface area contributed by atoms with Crippen molar-refractivity contribution in [1.29, 1.82) is 0 Å². The molecule has 2 aliphatic heterocycles. The number of carbonyl (C=O) groups is 2. The second-order valence-corrected chi connectivity index (χ2v) is 7.47. The van der Waals surface area contributed by atoms with Gasteiger partial charge in [0.05, 0.1) is 18.7 Å². The van der Waals surface area contributed by atoms with Crippen LogP contribution in [0.2, 0.25) is 0 Å². The summed E-state index contributed by atoms with van der Waals surface area (Å²) in [4.78, 5) is 27.4. The third-order valence-corrected chi connectivity index (χ3v) is 5.38. The van der Waals surface area contributed by atoms with Crippen LogP contribution >= 0.6 is 0 Å². The fourth-order valence-corrected chi connectivity index (χ4v) is 3.99. The van der Waals surface area contributed by atoms with E-state index in [0.717, 1.165) is 42.6 Å². The maximum Gasteiger partial charge on any atom is 0.338 e. The zero-order valence-electron chi connectivity index (χ0n) is 16.4. The SMILES string of the molecule is COC(=O)C1=C(CN2CCCCCC2)NC(=O)N[C@H]1c1ccc(C)cc1C. The molecule has 1 atom stereocenters. The van der Waals surface area contributed by atoms with Crippen molar-refractivity contribution in [3.05, 3.63) is 46.2 Å². The summed E-state index contributed by atoms with van der Waals surface area (Å²) >= 11 is 0. The van der Waals surface area contributed by atoms with Crippen molar-refractivity contribution in [2.24, 2.45) is 0 Å². The lowest BCUT2D eigenvalue weighted by Gasteiger charge is -2.32. The van der Waals surface area contributed by atoms with Crippen molar-refractivity contribution in [2.75, 3.05) is 26.7 Å². The maximum atomic E-state index is 12.7. The van der Waals surface area contributed by atoms with Gasteiger partial charge in [-0.15, -0.1) is 0 Å². The van der Waals surface area contributed by atoms with Crippen LogP contribution in [-0.4, -0.2) is 43.6 Å². The van der Waals surface area contributed by atoms with Crippen molar-refractivity contribution >= 4 is 12.0 Å². The summed E-state index contributed by atoms with van der Waals surface area (Å²) in [6, 6.07) is 5.26. The normalized spacial score (nSPS) is 21.3. The molecular weight excluding hydrogens is 342 g/mol. The van der Waals surface area contributed by atoms with Gasteiger partial charge in [0.25, 0.3) is 0 Å². The lowest BCUT2D eigenvalue weighted by Crippen LogP contribution is -2.48. The summed E-state index contributed by atoms with van der Waals surface area (Å²) in [5.41, 5.74) is 4.25. The molecule has 0 unspecified atom stereocenters. The Labute approximate surface area is 161 Å². The lowest BCUT2D eigenvalue weighted by atomic mass is 9.91. The van der Waals surface area contributed by atoms with E-state index in [1.54, 1.807) is 0 Å². The number of nitrogens with zero attached hydrogens (tertiary/aromatic N) is 1. The predicted octanol–water partition coefficient (Wildman–Crippen LogP) is 2.96. The van der Waals surface area contributed by atoms with Crippen LogP contribution < -0.4 is 10.6 Å². The fourth-order valence-electron chi connectivity index (χ4n) is 3.99. The smallest absolute Gasteiger partial charge is 0.338 e. The maximum absolute atomic E-state index is 12.7. The Bertz CT molecular complexity index is 749. The average molecular weight is 371 g/mol. The van der Waals surface area contributed by atoms with Gasteiger partial charge in [-0.1, -0.05) is 36.6 Å². The number of aryl methyl sites for hydroxylation is 2. The van der Waals surface area contributed by atoms with E-state index >= 15 is 0 Å². The number of urea groups is 1. The molecule has 2 amide bonds. The molecule has 0 bridgehead atoms. The topological polar surface area (TPSA) is 70.7 Å². The number of amides is 2. The average Bonchev–Trinajstić information content (AvgIpc) is 2.89. The molecule has 27 heavy (non-hydrogen) atoms. The van der Waals surface area contributed by atoms with Gasteiger partial charge in [-0.3, -0.25) is 4.90 Å². The number of hydrogen-bond donors (Lipinski definition) is 2. The fraction of sp³-hybridized carbons (Fsp3) is 0.524. The summed E-state index contributed by atoms with van der Waals surface area (Å²) in [6.45, 7) is 6.55. The van der Waals surface area contributed by atoms with E-state index in [1.807, 2.05) is 26.0 Å². The van der Waals surface area contributed by atoms with Crippen LogP contribution in [0.15, 0.2) is 29.5 Å². The molecule has 1 saturated heterocycles. The summed E-state index contributed by atoms with van der Waals surface area (Å²) in [5, 5.41) is 5.78. The minimum absolute atomic E-state index is 0.280. The van der Waals surface area contributed by atoms with Gasteiger partial charge in [-0.2, -0.15) is 0 Å². The van der Waals surface area contributed by atoms with E-state index in [0.29, 0.717) is 17.8 Å². The van der Waals surface area contributed by atoms with Gasteiger partial charge in [0.15, 0.2) is 0 Å². The third kappa shape index (κ3) is 4.50. The van der Waals surface area contributed by atoms with E-state index in [-0.39, 0.29) is 6.03 Å². The number of hydrogen-bond acceptors (Lipinski definition) is 4. The summed E-state index contributed by atoms with van der Waals surface area (Å²) < 4.78 is 5.08. The Morgan fingerprint density at radius 2 is 1.89 bits per heavy atom. The van der Waals surface area contributed by atoms with E-state index in [4.69, 9.17) is 4.74 Å². The van der Waals surface area contributed by atoms with E-state index in [9.17, 15) is 9.59 Å². The number of ether oxygens (including phenoxy) is 1. The summed E-state index contributed by atoms with van der Waals surface area (Å²) in [6.07, 6.45) is 4.76. The van der Waals surface area contributed by atoms with Crippen molar-refractivity contribution in [3.63, 3.8) is 0 Å². The Kier molecular flexibility index (Phi) is 6.16. The molecule has 2 N–H and O–H groups in total. The highest BCUT2D eigenvalue weighted by molar-refractivity contribution is 5.95. The second kappa shape index (κ2) is 8.57. The van der Waals surface area contributed by atoms with Crippen molar-refractivity contribution < 1.29 is 14.3 Å². The van der Waals surface area contributed by atoms with Crippen LogP contribution in [0.5, 0.6) is 0 Å². The standard InChI is InChI=1S/C21H29N3O3/c1-14-8-9-16(15(2)12-14)19-18(20(25)27-3)17(22-21(26)23-19)13-24-10-6-4-5-7-11-24/h8-9,12,19H,4-7,10-11,13H2,1-3H3,(H2,22,23,26)/t19-/m0/s1. The Morgan fingerprint density at radius 3 is 2.52 bits per heavy atom. The first-order valence-corrected chi connectivity index (χ1v) is 9.68. The van der Waals surface area contributed by atoms with Crippen molar-refractivity contribution in [3.8, 4) is 0 Å². The molecule has 0 radical (unpaired) electrons. The molecule has 2 aliphatic rings. The highest BCUT2D eigenvalue weighted by Crippen LogP contribution is 2.30. The minimum Gasteiger partial charge on any atom is -0.466 e. The molecule has 3 rings (SSSR count). The molecule has 0 aromatic heterocycles. The van der Waals surface area contributed by atoms with Crippen molar-refractivity contribution in [2.45, 2.75) is 45.6 Å². The Hall–Kier alpha value is -2.34. The van der Waals surface area contributed by atoms with E-state index < -0.39 is 12.0 Å². The molecule has 0 aliphatic carbocycles. The van der Waals surface area contributed by atoms with Gasteiger partial charge in [0.1, 0.15) is 0 Å². The third-order valence-electron chi connectivity index (χ3n) is 5.38. The van der Waals surface area contributed by atoms with Crippen LogP contribution in [-0.2, 0) is 9.53 Å². The van der Waals surface area contributed by atoms with Crippen LogP contribution in [0.3, 0.4) is 0 Å². The first kappa shape index (κ1) is 19.4. The molecule has 0 spiro atoms. The van der Waals surface area contributed by atoms with Gasteiger partial charge in [-0.05, 0) is 50.9 Å². The largest absolute Gasteiger partial charge is 0.466 e. The molecule has 6 nitrogen and oxygen atoms in total. The van der Waals surface area contributed by atoms with Gasteiger partial charge < -0.3 is 15.4 Å². The number of likely N-dealkylation sites (tertiary alicyclic amines) is 1. The molecule has 1 aromatic carbocycles. The molecule has 0 saturated carbocycles. The molecule has 146 valence electrons. The predicted molar refractivity (Wildman–Crippen MR) is 104 cm³/mol. The van der Waals surface area contributed by atoms with Gasteiger partial charge in [-0.25, -0.2) is 9.59 Å². The van der Waals surface area contributed by atoms with Crippen LogP contribution in [0.4, 0.5) is 4.79 Å². The zero-order valence-corrected chi connectivity index (χ0v) is 16.4. The summed E-state index contributed by atoms with van der Waals surface area (Å²) in [5.74, 6) is -0.405. The number of benzene rings is 1. The molecular formula is C21H29N3O3. The number of carbonyl (C=O) groups excluding carboxylic acids is 2. The Balaban J connectivity index is 2.00. The molecule has 1 aromatic rings. The zero-order chi connectivity index (χ0) is 19.4. The second-order valence-electron chi connectivity index (χ2n) is 7.47. The van der Waals surface area contributed by atoms with Crippen LogP contribution in [0.1, 0.15) is 48.4 Å². The molecule has 6 heteroatoms. The molecule has 1 fully saturated rings. The minimum atomic E-state index is -0.506. The first-order valence-electron chi connectivity index (χ1n) is 9.68. The quantitative estimate of drug-likeness (QED) is 0.799. The number of nitrogens with one attached hydrogen (secondary N) is 2. The number of methoxy groups -OCH3 is 1. The van der Waals surface area contributed by atoms with Gasteiger partial charge in [0, 0.05) is 12.2 Å². The number of rotatable bonds is 4. The molecule has 2 heterocycles.